The van der Waals surface area contributed by atoms with Gasteiger partial charge in [0.25, 0.3) is 0 Å². The van der Waals surface area contributed by atoms with Gasteiger partial charge in [0, 0.05) is 73.2 Å². The van der Waals surface area contributed by atoms with Gasteiger partial charge in [-0.1, -0.05) is 36.4 Å². The predicted molar refractivity (Wildman–Crippen MR) is 139 cm³/mol. The molecule has 2 unspecified atom stereocenters. The molecule has 5 heteroatoms. The lowest BCUT2D eigenvalue weighted by Crippen LogP contribution is -2.55. The molecule has 176 valence electrons. The van der Waals surface area contributed by atoms with Crippen molar-refractivity contribution in [3.63, 3.8) is 0 Å². The van der Waals surface area contributed by atoms with E-state index in [1.54, 1.807) is 0 Å². The second-order valence-corrected chi connectivity index (χ2v) is 10.0. The fourth-order valence-corrected chi connectivity index (χ4v) is 6.11. The van der Waals surface area contributed by atoms with Crippen molar-refractivity contribution in [1.29, 1.82) is 0 Å². The van der Waals surface area contributed by atoms with Crippen molar-refractivity contribution < 1.29 is 4.79 Å². The summed E-state index contributed by atoms with van der Waals surface area (Å²) in [5.41, 5.74) is 5.00. The summed E-state index contributed by atoms with van der Waals surface area (Å²) in [4.78, 5) is 24.4. The average Bonchev–Trinajstić information content (AvgIpc) is 3.38. The highest BCUT2D eigenvalue weighted by Gasteiger charge is 2.36. The standard InChI is InChI=1S/C29H34N4O/c34-29(23-8-2-1-3-9-23)33-24(14-13-22-7-4-5-11-27(22)33)21-31-17-19-32(20-18-31)28-12-6-10-26-25(28)15-16-30-26/h1-2,4-7,10-12,15-16,23-24,30H,3,8-9,13-14,17-21H2. The van der Waals surface area contributed by atoms with E-state index in [0.717, 1.165) is 70.5 Å². The highest BCUT2D eigenvalue weighted by molar-refractivity contribution is 5.97. The fourth-order valence-electron chi connectivity index (χ4n) is 6.11. The van der Waals surface area contributed by atoms with Crippen LogP contribution in [0.15, 0.2) is 66.9 Å². The Morgan fingerprint density at radius 2 is 1.76 bits per heavy atom. The quantitative estimate of drug-likeness (QED) is 0.565. The van der Waals surface area contributed by atoms with Crippen LogP contribution in [0.2, 0.25) is 0 Å². The number of rotatable bonds is 4. The summed E-state index contributed by atoms with van der Waals surface area (Å²) < 4.78 is 0. The molecule has 2 atom stereocenters. The Kier molecular flexibility index (Phi) is 5.88. The third-order valence-corrected chi connectivity index (χ3v) is 7.97. The Morgan fingerprint density at radius 1 is 0.912 bits per heavy atom. The Bertz CT molecular complexity index is 1190. The molecule has 1 saturated heterocycles. The van der Waals surface area contributed by atoms with Crippen LogP contribution in [0.1, 0.15) is 31.2 Å². The average molecular weight is 455 g/mol. The summed E-state index contributed by atoms with van der Waals surface area (Å²) in [5.74, 6) is 0.455. The van der Waals surface area contributed by atoms with E-state index < -0.39 is 0 Å². The number of para-hydroxylation sites is 1. The highest BCUT2D eigenvalue weighted by Crippen LogP contribution is 2.34. The van der Waals surface area contributed by atoms with Gasteiger partial charge in [0.2, 0.25) is 5.91 Å². The van der Waals surface area contributed by atoms with Crippen LogP contribution >= 0.6 is 0 Å². The van der Waals surface area contributed by atoms with Gasteiger partial charge >= 0.3 is 0 Å². The lowest BCUT2D eigenvalue weighted by atomic mass is 9.89. The predicted octanol–water partition coefficient (Wildman–Crippen LogP) is 4.99. The number of aromatic amines is 1. The lowest BCUT2D eigenvalue weighted by Gasteiger charge is -2.43. The molecule has 3 aromatic rings. The van der Waals surface area contributed by atoms with E-state index in [0.29, 0.717) is 5.91 Å². The normalized spacial score (nSPS) is 23.3. The fraction of sp³-hybridized carbons (Fsp3) is 0.414. The number of hydrogen-bond donors (Lipinski definition) is 1. The van der Waals surface area contributed by atoms with Crippen molar-refractivity contribution in [1.82, 2.24) is 9.88 Å². The summed E-state index contributed by atoms with van der Waals surface area (Å²) in [5, 5.41) is 1.30. The van der Waals surface area contributed by atoms with E-state index in [9.17, 15) is 4.79 Å². The monoisotopic (exact) mass is 454 g/mol. The molecule has 1 aromatic heterocycles. The first kappa shape index (κ1) is 21.5. The molecule has 0 bridgehead atoms. The first-order chi connectivity index (χ1) is 16.8. The van der Waals surface area contributed by atoms with Gasteiger partial charge in [0.15, 0.2) is 0 Å². The van der Waals surface area contributed by atoms with Gasteiger partial charge < -0.3 is 14.8 Å². The Balaban J connectivity index is 1.17. The molecule has 1 aliphatic carbocycles. The van der Waals surface area contributed by atoms with E-state index in [1.807, 2.05) is 6.20 Å². The summed E-state index contributed by atoms with van der Waals surface area (Å²) in [6, 6.07) is 17.5. The second kappa shape index (κ2) is 9.30. The van der Waals surface area contributed by atoms with Crippen LogP contribution in [0.3, 0.4) is 0 Å². The van der Waals surface area contributed by atoms with Crippen LogP contribution < -0.4 is 9.80 Å². The molecule has 1 N–H and O–H groups in total. The second-order valence-electron chi connectivity index (χ2n) is 10.0. The Labute approximate surface area is 202 Å². The molecule has 0 radical (unpaired) electrons. The van der Waals surface area contributed by atoms with Crippen molar-refractivity contribution in [3.05, 3.63) is 72.4 Å². The molecule has 1 amide bonds. The molecule has 3 heterocycles. The Hall–Kier alpha value is -3.05. The number of nitrogens with zero attached hydrogens (tertiary/aromatic N) is 3. The van der Waals surface area contributed by atoms with Crippen LogP contribution in [0.5, 0.6) is 0 Å². The molecule has 6 rings (SSSR count). The number of benzene rings is 2. The van der Waals surface area contributed by atoms with Gasteiger partial charge in [-0.2, -0.15) is 0 Å². The van der Waals surface area contributed by atoms with Crippen molar-refractivity contribution >= 4 is 28.2 Å². The zero-order valence-electron chi connectivity index (χ0n) is 19.8. The first-order valence-electron chi connectivity index (χ1n) is 12.9. The molecule has 1 fully saturated rings. The molecule has 34 heavy (non-hydrogen) atoms. The maximum Gasteiger partial charge on any atom is 0.230 e. The maximum atomic E-state index is 13.8. The maximum absolute atomic E-state index is 13.8. The Morgan fingerprint density at radius 3 is 2.62 bits per heavy atom. The van der Waals surface area contributed by atoms with Crippen LogP contribution in [0.4, 0.5) is 11.4 Å². The van der Waals surface area contributed by atoms with Gasteiger partial charge in [-0.25, -0.2) is 0 Å². The number of anilines is 2. The minimum absolute atomic E-state index is 0.123. The number of hydrogen-bond acceptors (Lipinski definition) is 3. The van der Waals surface area contributed by atoms with Crippen molar-refractivity contribution in [3.8, 4) is 0 Å². The molecule has 5 nitrogen and oxygen atoms in total. The molecule has 0 spiro atoms. The van der Waals surface area contributed by atoms with Crippen LogP contribution in [-0.4, -0.2) is 54.6 Å². The highest BCUT2D eigenvalue weighted by atomic mass is 16.2. The van der Waals surface area contributed by atoms with Crippen molar-refractivity contribution in [2.24, 2.45) is 5.92 Å². The summed E-state index contributed by atoms with van der Waals surface area (Å²) in [6.45, 7) is 5.08. The number of carbonyl (C=O) groups excluding carboxylic acids is 1. The smallest absolute Gasteiger partial charge is 0.230 e. The van der Waals surface area contributed by atoms with Crippen molar-refractivity contribution in [2.75, 3.05) is 42.5 Å². The number of carbonyl (C=O) groups is 1. The van der Waals surface area contributed by atoms with E-state index in [-0.39, 0.29) is 12.0 Å². The first-order valence-corrected chi connectivity index (χ1v) is 12.9. The summed E-state index contributed by atoms with van der Waals surface area (Å²) >= 11 is 0. The number of H-pyrrole nitrogens is 1. The number of nitrogens with one attached hydrogen (secondary N) is 1. The van der Waals surface area contributed by atoms with Gasteiger partial charge in [-0.05, 0) is 61.9 Å². The van der Waals surface area contributed by atoms with E-state index >= 15 is 0 Å². The number of aromatic nitrogens is 1. The topological polar surface area (TPSA) is 42.6 Å². The summed E-state index contributed by atoms with van der Waals surface area (Å²) in [7, 11) is 0. The van der Waals surface area contributed by atoms with Gasteiger partial charge in [-0.15, -0.1) is 0 Å². The van der Waals surface area contributed by atoms with Crippen LogP contribution in [0, 0.1) is 5.92 Å². The van der Waals surface area contributed by atoms with E-state index in [2.05, 4.69) is 80.4 Å². The zero-order valence-corrected chi connectivity index (χ0v) is 19.8. The lowest BCUT2D eigenvalue weighted by molar-refractivity contribution is -0.123. The van der Waals surface area contributed by atoms with E-state index in [4.69, 9.17) is 0 Å². The van der Waals surface area contributed by atoms with Crippen molar-refractivity contribution in [2.45, 2.75) is 38.1 Å². The molecule has 2 aromatic carbocycles. The largest absolute Gasteiger partial charge is 0.368 e. The minimum atomic E-state index is 0.123. The number of allylic oxidation sites excluding steroid dienone is 2. The van der Waals surface area contributed by atoms with Crippen LogP contribution in [0.25, 0.3) is 10.9 Å². The SMILES string of the molecule is O=C(C1CC=CCC1)N1c2ccccc2CCC1CN1CCN(c2cccc3[nH]ccc23)CC1. The van der Waals surface area contributed by atoms with Crippen LogP contribution in [-0.2, 0) is 11.2 Å². The number of amides is 1. The van der Waals surface area contributed by atoms with E-state index in [1.165, 1.54) is 22.2 Å². The molecule has 2 aliphatic heterocycles. The third kappa shape index (κ3) is 4.03. The van der Waals surface area contributed by atoms with Gasteiger partial charge in [-0.3, -0.25) is 9.69 Å². The molecular weight excluding hydrogens is 420 g/mol. The summed E-state index contributed by atoms with van der Waals surface area (Å²) in [6.07, 6.45) is 11.4. The number of aryl methyl sites for hydroxylation is 1. The zero-order chi connectivity index (χ0) is 22.9. The third-order valence-electron chi connectivity index (χ3n) is 7.97. The number of piperazine rings is 1. The minimum Gasteiger partial charge on any atom is -0.368 e. The van der Waals surface area contributed by atoms with Gasteiger partial charge in [0.05, 0.1) is 0 Å². The number of fused-ring (bicyclic) bond motifs is 2. The molecule has 0 saturated carbocycles. The molecular formula is C29H34N4O. The van der Waals surface area contributed by atoms with Gasteiger partial charge in [0.1, 0.15) is 0 Å². The molecule has 3 aliphatic rings.